The molecule has 0 spiro atoms. The van der Waals surface area contributed by atoms with Crippen molar-refractivity contribution in [3.63, 3.8) is 0 Å². The van der Waals surface area contributed by atoms with Gasteiger partial charge in [-0.3, -0.25) is 4.99 Å². The van der Waals surface area contributed by atoms with Gasteiger partial charge in [0.05, 0.1) is 17.2 Å². The molecule has 0 unspecified atom stereocenters. The van der Waals surface area contributed by atoms with Crippen molar-refractivity contribution in [2.45, 2.75) is 5.75 Å². The van der Waals surface area contributed by atoms with Gasteiger partial charge in [-0.1, -0.05) is 103 Å². The molecular formula is C30H27N3S. The lowest BCUT2D eigenvalue weighted by Gasteiger charge is -2.09. The molecule has 0 aliphatic rings. The van der Waals surface area contributed by atoms with E-state index in [4.69, 9.17) is 9.98 Å². The summed E-state index contributed by atoms with van der Waals surface area (Å²) < 4.78 is 2.17. The lowest BCUT2D eigenvalue weighted by atomic mass is 9.98. The van der Waals surface area contributed by atoms with Gasteiger partial charge in [0.1, 0.15) is 0 Å². The van der Waals surface area contributed by atoms with E-state index >= 15 is 0 Å². The lowest BCUT2D eigenvalue weighted by molar-refractivity contribution is 0.932. The van der Waals surface area contributed by atoms with Crippen LogP contribution in [0.5, 0.6) is 0 Å². The molecule has 4 heteroatoms. The Kier molecular flexibility index (Phi) is 6.87. The number of hydrogen-bond acceptors (Lipinski definition) is 3. The molecule has 0 aliphatic heterocycles. The monoisotopic (exact) mass is 461 g/mol. The summed E-state index contributed by atoms with van der Waals surface area (Å²) in [5, 5.41) is 0. The molecule has 0 radical (unpaired) electrons. The molecular weight excluding hydrogens is 434 g/mol. The molecule has 0 amide bonds. The fourth-order valence-electron chi connectivity index (χ4n) is 4.18. The third kappa shape index (κ3) is 4.82. The molecule has 5 rings (SSSR count). The number of hydrogen-bond donors (Lipinski definition) is 0. The molecule has 0 saturated heterocycles. The quantitative estimate of drug-likeness (QED) is 0.180. The largest absolute Gasteiger partial charge is 0.326 e. The summed E-state index contributed by atoms with van der Waals surface area (Å²) >= 11 is 1.91. The third-order valence-electron chi connectivity index (χ3n) is 5.91. The van der Waals surface area contributed by atoms with Crippen molar-refractivity contribution in [1.82, 2.24) is 9.55 Å². The van der Waals surface area contributed by atoms with Crippen LogP contribution in [0.15, 0.2) is 108 Å². The minimum Gasteiger partial charge on any atom is -0.326 e. The summed E-state index contributed by atoms with van der Waals surface area (Å²) in [5.41, 5.74) is 8.19. The molecule has 5 aromatic rings. The topological polar surface area (TPSA) is 30.2 Å². The number of benzene rings is 4. The van der Waals surface area contributed by atoms with Gasteiger partial charge >= 0.3 is 0 Å². The van der Waals surface area contributed by atoms with Gasteiger partial charge in [0.25, 0.3) is 0 Å². The molecule has 3 nitrogen and oxygen atoms in total. The lowest BCUT2D eigenvalue weighted by Crippen LogP contribution is -1.98. The second-order valence-corrected chi connectivity index (χ2v) is 9.30. The number of nitrogens with zero attached hydrogens (tertiary/aromatic N) is 3. The van der Waals surface area contributed by atoms with E-state index in [0.29, 0.717) is 0 Å². The van der Waals surface area contributed by atoms with E-state index < -0.39 is 0 Å². The molecule has 0 saturated carbocycles. The normalized spacial score (nSPS) is 11.4. The summed E-state index contributed by atoms with van der Waals surface area (Å²) in [7, 11) is 2.09. The maximum atomic E-state index is 5.05. The average molecular weight is 462 g/mol. The molecule has 0 atom stereocenters. The highest BCUT2D eigenvalue weighted by Gasteiger charge is 2.16. The van der Waals surface area contributed by atoms with Crippen LogP contribution < -0.4 is 0 Å². The van der Waals surface area contributed by atoms with Gasteiger partial charge in [-0.2, -0.15) is 11.8 Å². The van der Waals surface area contributed by atoms with Gasteiger partial charge < -0.3 is 4.57 Å². The van der Waals surface area contributed by atoms with Crippen LogP contribution in [0.2, 0.25) is 0 Å². The number of aliphatic imine (C=N–C) groups is 1. The van der Waals surface area contributed by atoms with Crippen LogP contribution in [-0.2, 0) is 12.8 Å². The standard InChI is InChI=1S/C30H27N3S/c1-33-28(21-31-19-20-34-22-23-11-5-2-6-12-23)32-29-26(24-13-7-3-8-14-24)17-18-27(30(29)33)25-15-9-4-10-16-25/h2-18,21H,19-20,22H2,1H3. The van der Waals surface area contributed by atoms with Gasteiger partial charge in [0.2, 0.25) is 0 Å². The van der Waals surface area contributed by atoms with Gasteiger partial charge in [0, 0.05) is 36.2 Å². The molecule has 4 aromatic carbocycles. The van der Waals surface area contributed by atoms with Crippen molar-refractivity contribution in [2.75, 3.05) is 12.3 Å². The second kappa shape index (κ2) is 10.5. The Morgan fingerprint density at radius 1 is 0.765 bits per heavy atom. The maximum Gasteiger partial charge on any atom is 0.151 e. The fourth-order valence-corrected chi connectivity index (χ4v) is 4.99. The Morgan fingerprint density at radius 3 is 2.03 bits per heavy atom. The van der Waals surface area contributed by atoms with Crippen molar-refractivity contribution in [1.29, 1.82) is 0 Å². The molecule has 0 N–H and O–H groups in total. The first-order chi connectivity index (χ1) is 16.8. The third-order valence-corrected chi connectivity index (χ3v) is 6.92. The van der Waals surface area contributed by atoms with Gasteiger partial charge in [-0.05, 0) is 16.7 Å². The van der Waals surface area contributed by atoms with Crippen LogP contribution >= 0.6 is 11.8 Å². The smallest absolute Gasteiger partial charge is 0.151 e. The Morgan fingerprint density at radius 2 is 1.35 bits per heavy atom. The number of rotatable bonds is 8. The first kappa shape index (κ1) is 22.2. The highest BCUT2D eigenvalue weighted by atomic mass is 32.2. The van der Waals surface area contributed by atoms with Crippen LogP contribution in [-0.4, -0.2) is 28.1 Å². The van der Waals surface area contributed by atoms with Crippen molar-refractivity contribution >= 4 is 29.0 Å². The number of fused-ring (bicyclic) bond motifs is 1. The van der Waals surface area contributed by atoms with E-state index in [9.17, 15) is 0 Å². The Hall–Kier alpha value is -3.63. The molecule has 0 fully saturated rings. The van der Waals surface area contributed by atoms with Crippen LogP contribution in [0.4, 0.5) is 0 Å². The number of thioether (sulfide) groups is 1. The maximum absolute atomic E-state index is 5.05. The molecule has 34 heavy (non-hydrogen) atoms. The van der Waals surface area contributed by atoms with Crippen molar-refractivity contribution in [3.8, 4) is 22.3 Å². The average Bonchev–Trinajstić information content (AvgIpc) is 3.23. The first-order valence-electron chi connectivity index (χ1n) is 11.5. The summed E-state index contributed by atoms with van der Waals surface area (Å²) in [5.74, 6) is 2.88. The van der Waals surface area contributed by atoms with E-state index in [0.717, 1.165) is 40.5 Å². The highest BCUT2D eigenvalue weighted by molar-refractivity contribution is 7.98. The van der Waals surface area contributed by atoms with E-state index in [1.807, 2.05) is 24.0 Å². The Balaban J connectivity index is 1.43. The number of imidazole rings is 1. The Bertz CT molecular complexity index is 1390. The predicted molar refractivity (Wildman–Crippen MR) is 147 cm³/mol. The molecule has 0 aliphatic carbocycles. The molecule has 0 bridgehead atoms. The van der Waals surface area contributed by atoms with Crippen LogP contribution in [0.1, 0.15) is 11.4 Å². The fraction of sp³-hybridized carbons (Fsp3) is 0.133. The van der Waals surface area contributed by atoms with Crippen LogP contribution in [0.25, 0.3) is 33.3 Å². The van der Waals surface area contributed by atoms with Gasteiger partial charge in [0.15, 0.2) is 5.82 Å². The first-order valence-corrected chi connectivity index (χ1v) is 12.7. The summed E-state index contributed by atoms with van der Waals surface area (Å²) in [6.45, 7) is 0.776. The number of aryl methyl sites for hydroxylation is 1. The Labute approximate surface area is 205 Å². The van der Waals surface area contributed by atoms with Crippen LogP contribution in [0, 0.1) is 0 Å². The molecule has 168 valence electrons. The summed E-state index contributed by atoms with van der Waals surface area (Å²) in [6.07, 6.45) is 1.92. The zero-order valence-corrected chi connectivity index (χ0v) is 20.1. The zero-order valence-electron chi connectivity index (χ0n) is 19.3. The second-order valence-electron chi connectivity index (χ2n) is 8.19. The summed E-state index contributed by atoms with van der Waals surface area (Å²) in [6, 6.07) is 36.0. The minimum absolute atomic E-state index is 0.776. The van der Waals surface area contributed by atoms with E-state index in [1.165, 1.54) is 22.3 Å². The van der Waals surface area contributed by atoms with Gasteiger partial charge in [-0.15, -0.1) is 0 Å². The highest BCUT2D eigenvalue weighted by Crippen LogP contribution is 2.35. The van der Waals surface area contributed by atoms with E-state index in [1.54, 1.807) is 0 Å². The minimum atomic E-state index is 0.776. The van der Waals surface area contributed by atoms with Crippen LogP contribution in [0.3, 0.4) is 0 Å². The zero-order chi connectivity index (χ0) is 23.2. The predicted octanol–water partition coefficient (Wildman–Crippen LogP) is 7.26. The molecule has 1 aromatic heterocycles. The van der Waals surface area contributed by atoms with Crippen molar-refractivity contribution in [3.05, 3.63) is 115 Å². The molecule has 1 heterocycles. The summed E-state index contributed by atoms with van der Waals surface area (Å²) in [4.78, 5) is 9.75. The van der Waals surface area contributed by atoms with E-state index in [2.05, 4.69) is 109 Å². The van der Waals surface area contributed by atoms with Crippen molar-refractivity contribution in [2.24, 2.45) is 12.0 Å². The van der Waals surface area contributed by atoms with Crippen molar-refractivity contribution < 1.29 is 0 Å². The van der Waals surface area contributed by atoms with E-state index in [-0.39, 0.29) is 0 Å². The SMILES string of the molecule is Cn1c(C=NCCSCc2ccccc2)nc2c(-c3ccccc3)ccc(-c3ccccc3)c21. The van der Waals surface area contributed by atoms with Gasteiger partial charge in [-0.25, -0.2) is 4.98 Å². The number of aromatic nitrogens is 2.